The van der Waals surface area contributed by atoms with Crippen LogP contribution in [0.1, 0.15) is 5.56 Å². The molecule has 0 atom stereocenters. The van der Waals surface area contributed by atoms with Crippen LogP contribution in [0.15, 0.2) is 48.5 Å². The minimum Gasteiger partial charge on any atom is -0.508 e. The fourth-order valence-corrected chi connectivity index (χ4v) is 3.42. The molecule has 1 saturated heterocycles. The van der Waals surface area contributed by atoms with Crippen molar-refractivity contribution in [1.29, 1.82) is 0 Å². The van der Waals surface area contributed by atoms with Crippen molar-refractivity contribution in [3.8, 4) is 5.75 Å². The maximum Gasteiger partial charge on any atom is 0.146 e. The number of pyridine rings is 1. The van der Waals surface area contributed by atoms with Gasteiger partial charge in [0.2, 0.25) is 0 Å². The molecule has 128 valence electrons. The number of nitrogens with zero attached hydrogens (tertiary/aromatic N) is 3. The van der Waals surface area contributed by atoms with Crippen LogP contribution < -0.4 is 9.80 Å². The Morgan fingerprint density at radius 3 is 2.44 bits per heavy atom. The first-order chi connectivity index (χ1) is 12.1. The molecule has 1 fully saturated rings. The number of aromatic nitrogens is 1. The van der Waals surface area contributed by atoms with Crippen LogP contribution in [0, 0.1) is 12.7 Å². The van der Waals surface area contributed by atoms with Gasteiger partial charge in [-0.25, -0.2) is 9.37 Å². The number of halogens is 1. The molecule has 0 radical (unpaired) electrons. The highest BCUT2D eigenvalue weighted by Gasteiger charge is 2.20. The maximum absolute atomic E-state index is 14.0. The average Bonchev–Trinajstić information content (AvgIpc) is 2.62. The molecule has 25 heavy (non-hydrogen) atoms. The predicted molar refractivity (Wildman–Crippen MR) is 99.0 cm³/mol. The van der Waals surface area contributed by atoms with E-state index in [2.05, 4.69) is 22.8 Å². The van der Waals surface area contributed by atoms with Crippen LogP contribution in [-0.4, -0.2) is 36.3 Å². The van der Waals surface area contributed by atoms with Gasteiger partial charge in [-0.1, -0.05) is 12.1 Å². The SMILES string of the molecule is Cc1cc(N2CCN(c3ccccc3F)CC2)nc2cc(O)ccc12. The third-order valence-electron chi connectivity index (χ3n) is 4.78. The molecule has 2 aromatic carbocycles. The van der Waals surface area contributed by atoms with Crippen LogP contribution in [-0.2, 0) is 0 Å². The van der Waals surface area contributed by atoms with Gasteiger partial charge in [-0.2, -0.15) is 0 Å². The first-order valence-electron chi connectivity index (χ1n) is 8.46. The molecule has 2 heterocycles. The second-order valence-electron chi connectivity index (χ2n) is 6.42. The lowest BCUT2D eigenvalue weighted by Gasteiger charge is -2.37. The van der Waals surface area contributed by atoms with Gasteiger partial charge in [-0.3, -0.25) is 0 Å². The van der Waals surface area contributed by atoms with E-state index in [1.54, 1.807) is 18.2 Å². The van der Waals surface area contributed by atoms with Crippen LogP contribution in [0.3, 0.4) is 0 Å². The lowest BCUT2D eigenvalue weighted by atomic mass is 10.1. The van der Waals surface area contributed by atoms with Gasteiger partial charge in [0.15, 0.2) is 0 Å². The van der Waals surface area contributed by atoms with Crippen LogP contribution in [0.25, 0.3) is 10.9 Å². The Bertz CT molecular complexity index is 920. The number of piperazine rings is 1. The van der Waals surface area contributed by atoms with Crippen molar-refractivity contribution in [2.45, 2.75) is 6.92 Å². The average molecular weight is 337 g/mol. The summed E-state index contributed by atoms with van der Waals surface area (Å²) in [6.45, 7) is 5.12. The van der Waals surface area contributed by atoms with E-state index < -0.39 is 0 Å². The summed E-state index contributed by atoms with van der Waals surface area (Å²) in [5, 5.41) is 10.8. The highest BCUT2D eigenvalue weighted by Crippen LogP contribution is 2.27. The van der Waals surface area contributed by atoms with Crippen LogP contribution in [0.5, 0.6) is 5.75 Å². The molecule has 0 bridgehead atoms. The second kappa shape index (κ2) is 6.24. The molecule has 3 aromatic rings. The standard InChI is InChI=1S/C20H20FN3O/c1-14-12-20(22-18-13-15(25)6-7-16(14)18)24-10-8-23(9-11-24)19-5-3-2-4-17(19)21/h2-7,12-13,25H,8-11H2,1H3. The number of rotatable bonds is 2. The molecule has 4 rings (SSSR count). The number of aryl methyl sites for hydroxylation is 1. The van der Waals surface area contributed by atoms with Crippen molar-refractivity contribution in [3.05, 3.63) is 59.9 Å². The van der Waals surface area contributed by atoms with E-state index in [-0.39, 0.29) is 11.6 Å². The van der Waals surface area contributed by atoms with E-state index in [4.69, 9.17) is 4.98 Å². The highest BCUT2D eigenvalue weighted by atomic mass is 19.1. The van der Waals surface area contributed by atoms with E-state index in [0.717, 1.165) is 48.5 Å². The Labute approximate surface area is 146 Å². The van der Waals surface area contributed by atoms with Crippen molar-refractivity contribution in [1.82, 2.24) is 4.98 Å². The fourth-order valence-electron chi connectivity index (χ4n) is 3.42. The Hall–Kier alpha value is -2.82. The number of phenols is 1. The zero-order valence-electron chi connectivity index (χ0n) is 14.1. The van der Waals surface area contributed by atoms with Gasteiger partial charge >= 0.3 is 0 Å². The molecule has 1 aliphatic heterocycles. The van der Waals surface area contributed by atoms with Crippen molar-refractivity contribution >= 4 is 22.4 Å². The Kier molecular flexibility index (Phi) is 3.92. The van der Waals surface area contributed by atoms with E-state index in [1.165, 1.54) is 6.07 Å². The summed E-state index contributed by atoms with van der Waals surface area (Å²) in [6.07, 6.45) is 0. The highest BCUT2D eigenvalue weighted by molar-refractivity contribution is 5.85. The van der Waals surface area contributed by atoms with Gasteiger partial charge in [-0.05, 0) is 42.8 Å². The summed E-state index contributed by atoms with van der Waals surface area (Å²) in [7, 11) is 0. The summed E-state index contributed by atoms with van der Waals surface area (Å²) < 4.78 is 14.0. The molecule has 4 nitrogen and oxygen atoms in total. The third-order valence-corrected chi connectivity index (χ3v) is 4.78. The summed E-state index contributed by atoms with van der Waals surface area (Å²) in [5.74, 6) is 0.954. The van der Waals surface area contributed by atoms with Crippen molar-refractivity contribution < 1.29 is 9.50 Å². The maximum atomic E-state index is 14.0. The van der Waals surface area contributed by atoms with Gasteiger partial charge in [0.05, 0.1) is 11.2 Å². The van der Waals surface area contributed by atoms with E-state index >= 15 is 0 Å². The van der Waals surface area contributed by atoms with Crippen molar-refractivity contribution in [2.75, 3.05) is 36.0 Å². The van der Waals surface area contributed by atoms with Crippen molar-refractivity contribution in [3.63, 3.8) is 0 Å². The molecular weight excluding hydrogens is 317 g/mol. The van der Waals surface area contributed by atoms with Gasteiger partial charge in [-0.15, -0.1) is 0 Å². The Balaban J connectivity index is 1.56. The molecule has 0 spiro atoms. The zero-order chi connectivity index (χ0) is 17.4. The lowest BCUT2D eigenvalue weighted by molar-refractivity contribution is 0.476. The summed E-state index contributed by atoms with van der Waals surface area (Å²) in [4.78, 5) is 9.00. The summed E-state index contributed by atoms with van der Waals surface area (Å²) in [5.41, 5.74) is 2.60. The number of aromatic hydroxyl groups is 1. The zero-order valence-corrected chi connectivity index (χ0v) is 14.1. The summed E-state index contributed by atoms with van der Waals surface area (Å²) >= 11 is 0. The number of hydrogen-bond acceptors (Lipinski definition) is 4. The number of fused-ring (bicyclic) bond motifs is 1. The molecular formula is C20H20FN3O. The van der Waals surface area contributed by atoms with Gasteiger partial charge in [0.25, 0.3) is 0 Å². The smallest absolute Gasteiger partial charge is 0.146 e. The molecule has 0 unspecified atom stereocenters. The minimum absolute atomic E-state index is 0.175. The molecule has 0 amide bonds. The second-order valence-corrected chi connectivity index (χ2v) is 6.42. The summed E-state index contributed by atoms with van der Waals surface area (Å²) in [6, 6.07) is 14.3. The number of para-hydroxylation sites is 1. The van der Waals surface area contributed by atoms with Crippen LogP contribution >= 0.6 is 0 Å². The normalized spacial score (nSPS) is 15.0. The largest absolute Gasteiger partial charge is 0.508 e. The molecule has 5 heteroatoms. The van der Waals surface area contributed by atoms with Gasteiger partial charge in [0.1, 0.15) is 17.4 Å². The fraction of sp³-hybridized carbons (Fsp3) is 0.250. The molecule has 0 aliphatic carbocycles. The first kappa shape index (κ1) is 15.7. The number of phenolic OH excluding ortho intramolecular Hbond substituents is 1. The van der Waals surface area contributed by atoms with E-state index in [0.29, 0.717) is 5.69 Å². The third kappa shape index (κ3) is 2.97. The number of benzene rings is 2. The number of anilines is 2. The molecule has 1 aliphatic rings. The monoisotopic (exact) mass is 337 g/mol. The minimum atomic E-state index is -0.175. The van der Waals surface area contributed by atoms with E-state index in [9.17, 15) is 9.50 Å². The lowest BCUT2D eigenvalue weighted by Crippen LogP contribution is -2.47. The Morgan fingerprint density at radius 2 is 1.68 bits per heavy atom. The van der Waals surface area contributed by atoms with Gasteiger partial charge in [0, 0.05) is 37.6 Å². The first-order valence-corrected chi connectivity index (χ1v) is 8.46. The Morgan fingerprint density at radius 1 is 0.960 bits per heavy atom. The molecule has 0 saturated carbocycles. The molecule has 1 aromatic heterocycles. The van der Waals surface area contributed by atoms with Crippen LogP contribution in [0.2, 0.25) is 0 Å². The topological polar surface area (TPSA) is 39.6 Å². The molecule has 1 N–H and O–H groups in total. The van der Waals surface area contributed by atoms with Crippen LogP contribution in [0.4, 0.5) is 15.9 Å². The van der Waals surface area contributed by atoms with E-state index in [1.807, 2.05) is 18.2 Å². The van der Waals surface area contributed by atoms with Gasteiger partial charge < -0.3 is 14.9 Å². The number of hydrogen-bond donors (Lipinski definition) is 1. The quantitative estimate of drug-likeness (QED) is 0.774. The predicted octanol–water partition coefficient (Wildman–Crippen LogP) is 3.71. The van der Waals surface area contributed by atoms with Crippen molar-refractivity contribution in [2.24, 2.45) is 0 Å².